The van der Waals surface area contributed by atoms with E-state index < -0.39 is 5.97 Å². The summed E-state index contributed by atoms with van der Waals surface area (Å²) in [6.07, 6.45) is 0.749. The summed E-state index contributed by atoms with van der Waals surface area (Å²) in [5.41, 5.74) is 2.45. The molecule has 0 amide bonds. The molecule has 0 spiro atoms. The largest absolute Gasteiger partial charge is 0.496 e. The highest BCUT2D eigenvalue weighted by Gasteiger charge is 2.16. The third-order valence-electron chi connectivity index (χ3n) is 3.43. The van der Waals surface area contributed by atoms with Crippen molar-refractivity contribution < 1.29 is 14.3 Å². The summed E-state index contributed by atoms with van der Waals surface area (Å²) >= 11 is 0. The van der Waals surface area contributed by atoms with E-state index in [4.69, 9.17) is 9.47 Å². The van der Waals surface area contributed by atoms with Gasteiger partial charge in [0.1, 0.15) is 11.5 Å². The molecule has 0 heterocycles. The summed E-state index contributed by atoms with van der Waals surface area (Å²) in [5, 5.41) is 1.82. The standard InChI is InChI=1S/C18H20O3/c1-6-13-10-16(20-5)15-9-12(4)7-8-14(15)17(13)21-18(19)11(2)3/h7-10H,2,6H2,1,3-5H3. The van der Waals surface area contributed by atoms with Crippen molar-refractivity contribution in [2.24, 2.45) is 0 Å². The van der Waals surface area contributed by atoms with Gasteiger partial charge in [-0.05, 0) is 38.0 Å². The minimum Gasteiger partial charge on any atom is -0.496 e. The minimum absolute atomic E-state index is 0.383. The molecule has 3 heteroatoms. The molecule has 0 aliphatic rings. The maximum atomic E-state index is 11.9. The van der Waals surface area contributed by atoms with Gasteiger partial charge in [0.25, 0.3) is 0 Å². The molecule has 21 heavy (non-hydrogen) atoms. The van der Waals surface area contributed by atoms with Crippen molar-refractivity contribution in [3.05, 3.63) is 47.5 Å². The number of hydrogen-bond acceptors (Lipinski definition) is 3. The first kappa shape index (κ1) is 15.1. The van der Waals surface area contributed by atoms with Crippen molar-refractivity contribution in [3.63, 3.8) is 0 Å². The molecule has 0 aliphatic carbocycles. The van der Waals surface area contributed by atoms with Crippen LogP contribution in [-0.2, 0) is 11.2 Å². The molecule has 0 N–H and O–H groups in total. The number of carbonyl (C=O) groups is 1. The maximum Gasteiger partial charge on any atom is 0.338 e. The molecule has 0 bridgehead atoms. The van der Waals surface area contributed by atoms with Crippen LogP contribution in [0.1, 0.15) is 25.0 Å². The molecule has 0 atom stereocenters. The van der Waals surface area contributed by atoms with Crippen LogP contribution >= 0.6 is 0 Å². The molecular weight excluding hydrogens is 264 g/mol. The number of fused-ring (bicyclic) bond motifs is 1. The van der Waals surface area contributed by atoms with E-state index in [-0.39, 0.29) is 0 Å². The molecule has 0 radical (unpaired) electrons. The Morgan fingerprint density at radius 3 is 2.52 bits per heavy atom. The lowest BCUT2D eigenvalue weighted by Gasteiger charge is -2.15. The van der Waals surface area contributed by atoms with Crippen molar-refractivity contribution in [2.45, 2.75) is 27.2 Å². The average Bonchev–Trinajstić information content (AvgIpc) is 2.46. The van der Waals surface area contributed by atoms with Crippen LogP contribution in [0.5, 0.6) is 11.5 Å². The van der Waals surface area contributed by atoms with Crippen LogP contribution in [0.3, 0.4) is 0 Å². The number of aryl methyl sites for hydroxylation is 2. The fourth-order valence-corrected chi connectivity index (χ4v) is 2.27. The number of methoxy groups -OCH3 is 1. The number of hydrogen-bond donors (Lipinski definition) is 0. The third-order valence-corrected chi connectivity index (χ3v) is 3.43. The van der Waals surface area contributed by atoms with Gasteiger partial charge in [-0.1, -0.05) is 31.2 Å². The van der Waals surface area contributed by atoms with Crippen molar-refractivity contribution in [3.8, 4) is 11.5 Å². The maximum absolute atomic E-state index is 11.9. The minimum atomic E-state index is -0.406. The monoisotopic (exact) mass is 284 g/mol. The van der Waals surface area contributed by atoms with Crippen LogP contribution in [0.4, 0.5) is 0 Å². The molecule has 2 aromatic carbocycles. The molecule has 0 unspecified atom stereocenters. The van der Waals surface area contributed by atoms with Crippen molar-refractivity contribution >= 4 is 16.7 Å². The molecule has 0 aliphatic heterocycles. The lowest BCUT2D eigenvalue weighted by atomic mass is 10.0. The molecule has 0 aromatic heterocycles. The smallest absolute Gasteiger partial charge is 0.338 e. The zero-order valence-electron chi connectivity index (χ0n) is 12.9. The van der Waals surface area contributed by atoms with E-state index >= 15 is 0 Å². The van der Waals surface area contributed by atoms with Crippen molar-refractivity contribution in [1.29, 1.82) is 0 Å². The van der Waals surface area contributed by atoms with Crippen LogP contribution in [0.15, 0.2) is 36.4 Å². The fraction of sp³-hybridized carbons (Fsp3) is 0.278. The summed E-state index contributed by atoms with van der Waals surface area (Å²) in [5.74, 6) is 0.985. The van der Waals surface area contributed by atoms with Gasteiger partial charge in [0, 0.05) is 16.3 Å². The summed E-state index contributed by atoms with van der Waals surface area (Å²) in [6, 6.07) is 7.93. The van der Waals surface area contributed by atoms with Gasteiger partial charge in [-0.15, -0.1) is 0 Å². The van der Waals surface area contributed by atoms with Crippen molar-refractivity contribution in [2.75, 3.05) is 7.11 Å². The topological polar surface area (TPSA) is 35.5 Å². The molecule has 0 saturated carbocycles. The summed E-state index contributed by atoms with van der Waals surface area (Å²) < 4.78 is 11.0. The van der Waals surface area contributed by atoms with E-state index in [2.05, 4.69) is 6.58 Å². The first-order valence-corrected chi connectivity index (χ1v) is 6.95. The Bertz CT molecular complexity index is 714. The van der Waals surface area contributed by atoms with E-state index in [0.29, 0.717) is 11.3 Å². The lowest BCUT2D eigenvalue weighted by Crippen LogP contribution is -2.10. The molecule has 0 fully saturated rings. The molecule has 2 aromatic rings. The van der Waals surface area contributed by atoms with Crippen LogP contribution in [0.25, 0.3) is 10.8 Å². The first-order valence-electron chi connectivity index (χ1n) is 6.95. The fourth-order valence-electron chi connectivity index (χ4n) is 2.27. The zero-order valence-corrected chi connectivity index (χ0v) is 12.9. The predicted octanol–water partition coefficient (Wildman–Crippen LogP) is 4.20. The molecule has 110 valence electrons. The van der Waals surface area contributed by atoms with E-state index in [1.54, 1.807) is 14.0 Å². The van der Waals surface area contributed by atoms with Crippen LogP contribution in [-0.4, -0.2) is 13.1 Å². The Hall–Kier alpha value is -2.29. The molecule has 0 saturated heterocycles. The van der Waals surface area contributed by atoms with Gasteiger partial charge in [-0.3, -0.25) is 0 Å². The predicted molar refractivity (Wildman–Crippen MR) is 85.1 cm³/mol. The molecule has 2 rings (SSSR count). The Morgan fingerprint density at radius 1 is 1.24 bits per heavy atom. The van der Waals surface area contributed by atoms with Gasteiger partial charge in [0.15, 0.2) is 0 Å². The summed E-state index contributed by atoms with van der Waals surface area (Å²) in [4.78, 5) is 11.9. The van der Waals surface area contributed by atoms with E-state index in [0.717, 1.165) is 34.1 Å². The number of rotatable bonds is 4. The van der Waals surface area contributed by atoms with Crippen LogP contribution < -0.4 is 9.47 Å². The Morgan fingerprint density at radius 2 is 1.95 bits per heavy atom. The van der Waals surface area contributed by atoms with Crippen LogP contribution in [0.2, 0.25) is 0 Å². The van der Waals surface area contributed by atoms with Gasteiger partial charge in [0.2, 0.25) is 0 Å². The van der Waals surface area contributed by atoms with E-state index in [1.807, 2.05) is 38.1 Å². The highest BCUT2D eigenvalue weighted by Crippen LogP contribution is 2.37. The second-order valence-electron chi connectivity index (χ2n) is 5.14. The SMILES string of the molecule is C=C(C)C(=O)Oc1c(CC)cc(OC)c2cc(C)ccc12. The summed E-state index contributed by atoms with van der Waals surface area (Å²) in [6.45, 7) is 9.32. The Labute approximate surface area is 125 Å². The third kappa shape index (κ3) is 2.92. The highest BCUT2D eigenvalue weighted by molar-refractivity contribution is 5.98. The quantitative estimate of drug-likeness (QED) is 0.479. The number of carbonyl (C=O) groups excluding carboxylic acids is 1. The Kier molecular flexibility index (Phi) is 4.32. The lowest BCUT2D eigenvalue weighted by molar-refractivity contribution is -0.130. The normalized spacial score (nSPS) is 10.5. The highest BCUT2D eigenvalue weighted by atomic mass is 16.5. The second-order valence-corrected chi connectivity index (χ2v) is 5.14. The first-order chi connectivity index (χ1) is 9.97. The Balaban J connectivity index is 2.72. The van der Waals surface area contributed by atoms with Crippen molar-refractivity contribution in [1.82, 2.24) is 0 Å². The molecule has 3 nitrogen and oxygen atoms in total. The van der Waals surface area contributed by atoms with Gasteiger partial charge in [0.05, 0.1) is 7.11 Å². The zero-order chi connectivity index (χ0) is 15.6. The van der Waals surface area contributed by atoms with E-state index in [9.17, 15) is 4.79 Å². The van der Waals surface area contributed by atoms with E-state index in [1.165, 1.54) is 0 Å². The molecular formula is C18H20O3. The number of ether oxygens (including phenoxy) is 2. The van der Waals surface area contributed by atoms with Gasteiger partial charge in [-0.25, -0.2) is 4.79 Å². The second kappa shape index (κ2) is 6.00. The average molecular weight is 284 g/mol. The van der Waals surface area contributed by atoms with Crippen LogP contribution in [0, 0.1) is 6.92 Å². The van der Waals surface area contributed by atoms with Gasteiger partial charge >= 0.3 is 5.97 Å². The summed E-state index contributed by atoms with van der Waals surface area (Å²) in [7, 11) is 1.65. The number of esters is 1. The van der Waals surface area contributed by atoms with Gasteiger partial charge in [-0.2, -0.15) is 0 Å². The van der Waals surface area contributed by atoms with Gasteiger partial charge < -0.3 is 9.47 Å². The number of benzene rings is 2.